The van der Waals surface area contributed by atoms with Gasteiger partial charge in [0.25, 0.3) is 0 Å². The van der Waals surface area contributed by atoms with Crippen molar-refractivity contribution >= 4 is 19.2 Å². The van der Waals surface area contributed by atoms with Gasteiger partial charge in [-0.3, -0.25) is 0 Å². The number of aryl methyl sites for hydroxylation is 2. The minimum atomic E-state index is -4.38. The first-order valence-electron chi connectivity index (χ1n) is 6.02. The fourth-order valence-electron chi connectivity index (χ4n) is 1.90. The van der Waals surface area contributed by atoms with E-state index in [4.69, 9.17) is 0 Å². The summed E-state index contributed by atoms with van der Waals surface area (Å²) in [6.07, 6.45) is -4.38. The van der Waals surface area contributed by atoms with Crippen LogP contribution in [0.1, 0.15) is 16.7 Å². The van der Waals surface area contributed by atoms with Crippen molar-refractivity contribution in [3.05, 3.63) is 53.1 Å². The van der Waals surface area contributed by atoms with Crippen molar-refractivity contribution in [1.82, 2.24) is 0 Å². The van der Waals surface area contributed by atoms with E-state index in [2.05, 4.69) is 0 Å². The van der Waals surface area contributed by atoms with E-state index in [1.165, 1.54) is 12.1 Å². The van der Waals surface area contributed by atoms with E-state index >= 15 is 0 Å². The first-order chi connectivity index (χ1) is 9.27. The molecular weight excluding hydrogens is 284 g/mol. The Labute approximate surface area is 117 Å². The molecule has 2 aromatic carbocycles. The molecule has 1 unspecified atom stereocenters. The SMILES string of the molecule is Cc1ccc(O)c(Pc2ccc(C)cc2C(F)(F)F)c1. The molecule has 0 amide bonds. The van der Waals surface area contributed by atoms with E-state index in [1.54, 1.807) is 25.1 Å². The van der Waals surface area contributed by atoms with Crippen LogP contribution in [0.2, 0.25) is 0 Å². The Kier molecular flexibility index (Phi) is 4.05. The number of phenols is 1. The normalized spacial score (nSPS) is 12.2. The Morgan fingerprint density at radius 1 is 0.900 bits per heavy atom. The van der Waals surface area contributed by atoms with E-state index in [0.717, 1.165) is 11.6 Å². The smallest absolute Gasteiger partial charge is 0.417 e. The molecule has 0 saturated heterocycles. The quantitative estimate of drug-likeness (QED) is 0.839. The number of aromatic hydroxyl groups is 1. The molecule has 0 radical (unpaired) electrons. The maximum atomic E-state index is 13.1. The molecule has 1 nitrogen and oxygen atoms in total. The van der Waals surface area contributed by atoms with E-state index in [-0.39, 0.29) is 19.6 Å². The Morgan fingerprint density at radius 2 is 1.50 bits per heavy atom. The van der Waals surface area contributed by atoms with E-state index < -0.39 is 11.7 Å². The van der Waals surface area contributed by atoms with Crippen molar-refractivity contribution in [3.63, 3.8) is 0 Å². The highest BCUT2D eigenvalue weighted by molar-refractivity contribution is 7.55. The highest BCUT2D eigenvalue weighted by Crippen LogP contribution is 2.32. The fraction of sp³-hybridized carbons (Fsp3) is 0.200. The molecule has 2 rings (SSSR count). The molecule has 0 spiro atoms. The first-order valence-corrected chi connectivity index (χ1v) is 7.02. The zero-order valence-electron chi connectivity index (χ0n) is 11.0. The van der Waals surface area contributed by atoms with Crippen molar-refractivity contribution in [1.29, 1.82) is 0 Å². The largest absolute Gasteiger partial charge is 0.507 e. The number of halogens is 3. The van der Waals surface area contributed by atoms with Gasteiger partial charge in [-0.25, -0.2) is 0 Å². The van der Waals surface area contributed by atoms with Gasteiger partial charge in [-0.1, -0.05) is 37.9 Å². The summed E-state index contributed by atoms with van der Waals surface area (Å²) in [5, 5.41) is 10.5. The lowest BCUT2D eigenvalue weighted by molar-refractivity contribution is -0.136. The van der Waals surface area contributed by atoms with Crippen LogP contribution in [0, 0.1) is 13.8 Å². The Hall–Kier alpha value is -1.54. The van der Waals surface area contributed by atoms with Gasteiger partial charge in [0.2, 0.25) is 0 Å². The van der Waals surface area contributed by atoms with Gasteiger partial charge < -0.3 is 5.11 Å². The molecule has 0 bridgehead atoms. The molecule has 0 fully saturated rings. The number of rotatable bonds is 2. The molecule has 20 heavy (non-hydrogen) atoms. The average Bonchev–Trinajstić information content (AvgIpc) is 2.34. The lowest BCUT2D eigenvalue weighted by atomic mass is 10.1. The van der Waals surface area contributed by atoms with Crippen LogP contribution >= 0.6 is 8.58 Å². The second-order valence-electron chi connectivity index (χ2n) is 4.69. The van der Waals surface area contributed by atoms with Crippen LogP contribution in [0.5, 0.6) is 5.75 Å². The second-order valence-corrected chi connectivity index (χ2v) is 6.02. The Bertz CT molecular complexity index is 636. The topological polar surface area (TPSA) is 20.2 Å². The van der Waals surface area contributed by atoms with E-state index in [9.17, 15) is 18.3 Å². The molecule has 0 heterocycles. The number of alkyl halides is 3. The van der Waals surface area contributed by atoms with E-state index in [0.29, 0.717) is 10.9 Å². The molecule has 0 aliphatic heterocycles. The van der Waals surface area contributed by atoms with Gasteiger partial charge in [0.05, 0.1) is 5.56 Å². The molecular formula is C15H14F3OP. The van der Waals surface area contributed by atoms with Gasteiger partial charge in [0.1, 0.15) is 5.75 Å². The van der Waals surface area contributed by atoms with Crippen molar-refractivity contribution in [3.8, 4) is 5.75 Å². The summed E-state index contributed by atoms with van der Waals surface area (Å²) in [6, 6.07) is 9.24. The van der Waals surface area contributed by atoms with Crippen LogP contribution in [0.25, 0.3) is 0 Å². The highest BCUT2D eigenvalue weighted by atomic mass is 31.1. The third-order valence-corrected chi connectivity index (χ3v) is 4.28. The Morgan fingerprint density at radius 3 is 2.15 bits per heavy atom. The van der Waals surface area contributed by atoms with Gasteiger partial charge in [-0.2, -0.15) is 13.2 Å². The monoisotopic (exact) mass is 298 g/mol. The summed E-state index contributed by atoms with van der Waals surface area (Å²) in [5.41, 5.74) is 0.849. The Balaban J connectivity index is 2.46. The highest BCUT2D eigenvalue weighted by Gasteiger charge is 2.33. The number of phenolic OH excluding ortho intramolecular Hbond substituents is 1. The van der Waals surface area contributed by atoms with Gasteiger partial charge >= 0.3 is 6.18 Å². The van der Waals surface area contributed by atoms with Crippen LogP contribution in [-0.2, 0) is 6.18 Å². The molecule has 0 aromatic heterocycles. The van der Waals surface area contributed by atoms with Crippen molar-refractivity contribution < 1.29 is 18.3 Å². The predicted molar refractivity (Wildman–Crippen MR) is 76.6 cm³/mol. The third-order valence-electron chi connectivity index (χ3n) is 2.90. The standard InChI is InChI=1S/C15H14F3OP/c1-9-4-6-13(11(7-9)15(16,17)18)20-14-8-10(2)3-5-12(14)19/h3-8,19-20H,1-2H3. The number of benzene rings is 2. The minimum absolute atomic E-state index is 0.0302. The minimum Gasteiger partial charge on any atom is -0.507 e. The summed E-state index contributed by atoms with van der Waals surface area (Å²) in [6.45, 7) is 3.47. The summed E-state index contributed by atoms with van der Waals surface area (Å²) >= 11 is 0. The van der Waals surface area contributed by atoms with Crippen LogP contribution < -0.4 is 10.6 Å². The van der Waals surface area contributed by atoms with Crippen LogP contribution in [0.15, 0.2) is 36.4 Å². The van der Waals surface area contributed by atoms with Crippen molar-refractivity contribution in [2.45, 2.75) is 20.0 Å². The van der Waals surface area contributed by atoms with Crippen LogP contribution in [-0.4, -0.2) is 5.11 Å². The molecule has 0 saturated carbocycles. The lowest BCUT2D eigenvalue weighted by Crippen LogP contribution is -2.18. The molecule has 0 aliphatic rings. The summed E-state index contributed by atoms with van der Waals surface area (Å²) < 4.78 is 39.2. The zero-order chi connectivity index (χ0) is 14.9. The second kappa shape index (κ2) is 5.45. The van der Waals surface area contributed by atoms with Gasteiger partial charge in [0.15, 0.2) is 0 Å². The molecule has 5 heteroatoms. The molecule has 1 atom stereocenters. The molecule has 1 N–H and O–H groups in total. The molecule has 106 valence electrons. The van der Waals surface area contributed by atoms with Crippen LogP contribution in [0.3, 0.4) is 0 Å². The average molecular weight is 298 g/mol. The summed E-state index contributed by atoms with van der Waals surface area (Å²) in [7, 11) is -0.229. The van der Waals surface area contributed by atoms with Gasteiger partial charge in [0, 0.05) is 5.30 Å². The molecule has 2 aromatic rings. The lowest BCUT2D eigenvalue weighted by Gasteiger charge is -2.14. The van der Waals surface area contributed by atoms with Crippen molar-refractivity contribution in [2.24, 2.45) is 0 Å². The summed E-state index contributed by atoms with van der Waals surface area (Å²) in [4.78, 5) is 0. The maximum absolute atomic E-state index is 13.1. The first kappa shape index (κ1) is 14.9. The maximum Gasteiger partial charge on any atom is 0.417 e. The zero-order valence-corrected chi connectivity index (χ0v) is 12.0. The van der Waals surface area contributed by atoms with Crippen molar-refractivity contribution in [2.75, 3.05) is 0 Å². The fourth-order valence-corrected chi connectivity index (χ4v) is 3.21. The predicted octanol–water partition coefficient (Wildman–Crippen LogP) is 3.66. The van der Waals surface area contributed by atoms with Gasteiger partial charge in [-0.05, 0) is 37.4 Å². The summed E-state index contributed by atoms with van der Waals surface area (Å²) in [5.74, 6) is 0.0302. The van der Waals surface area contributed by atoms with Gasteiger partial charge in [-0.15, -0.1) is 0 Å². The number of hydrogen-bond acceptors (Lipinski definition) is 1. The molecule has 0 aliphatic carbocycles. The van der Waals surface area contributed by atoms with E-state index in [1.807, 2.05) is 6.92 Å². The van der Waals surface area contributed by atoms with Crippen LogP contribution in [0.4, 0.5) is 13.2 Å². The third kappa shape index (κ3) is 3.31. The number of hydrogen-bond donors (Lipinski definition) is 1.